The van der Waals surface area contributed by atoms with E-state index in [4.69, 9.17) is 4.74 Å². The molecule has 0 spiro atoms. The fraction of sp³-hybridized carbons (Fsp3) is 0.909. The summed E-state index contributed by atoms with van der Waals surface area (Å²) in [6.45, 7) is 4.47. The predicted molar refractivity (Wildman–Crippen MR) is 63.5 cm³/mol. The fourth-order valence-electron chi connectivity index (χ4n) is 1.83. The third-order valence-corrected chi connectivity index (χ3v) is 2.63. The van der Waals surface area contributed by atoms with E-state index < -0.39 is 13.0 Å². The van der Waals surface area contributed by atoms with Crippen LogP contribution in [-0.4, -0.2) is 57.2 Å². The average molecular weight is 249 g/mol. The number of guanidine groups is 1. The maximum absolute atomic E-state index is 12.1. The van der Waals surface area contributed by atoms with E-state index in [2.05, 4.69) is 10.3 Å². The van der Waals surface area contributed by atoms with Crippen LogP contribution in [0.2, 0.25) is 0 Å². The van der Waals surface area contributed by atoms with Crippen molar-refractivity contribution in [3.05, 3.63) is 0 Å². The van der Waals surface area contributed by atoms with Gasteiger partial charge in [-0.05, 0) is 13.3 Å². The van der Waals surface area contributed by atoms with Crippen LogP contribution < -0.4 is 5.32 Å². The molecule has 6 heteroatoms. The minimum absolute atomic E-state index is 0.451. The molecule has 1 aliphatic heterocycles. The Morgan fingerprint density at radius 1 is 1.59 bits per heavy atom. The van der Waals surface area contributed by atoms with Gasteiger partial charge >= 0.3 is 0 Å². The number of rotatable bonds is 5. The topological polar surface area (TPSA) is 36.9 Å². The van der Waals surface area contributed by atoms with E-state index in [9.17, 15) is 8.78 Å². The first kappa shape index (κ1) is 14.2. The summed E-state index contributed by atoms with van der Waals surface area (Å²) in [7, 11) is 1.87. The highest BCUT2D eigenvalue weighted by Gasteiger charge is 2.19. The molecule has 1 rings (SSSR count). The van der Waals surface area contributed by atoms with Crippen molar-refractivity contribution in [1.82, 2.24) is 10.2 Å². The van der Waals surface area contributed by atoms with Gasteiger partial charge in [0.25, 0.3) is 6.43 Å². The highest BCUT2D eigenvalue weighted by molar-refractivity contribution is 5.79. The van der Waals surface area contributed by atoms with Gasteiger partial charge in [-0.25, -0.2) is 13.8 Å². The van der Waals surface area contributed by atoms with Crippen molar-refractivity contribution in [3.8, 4) is 0 Å². The van der Waals surface area contributed by atoms with Crippen LogP contribution in [-0.2, 0) is 4.74 Å². The van der Waals surface area contributed by atoms with E-state index in [1.54, 1.807) is 0 Å². The lowest BCUT2D eigenvalue weighted by atomic mass is 10.1. The summed E-state index contributed by atoms with van der Waals surface area (Å²) in [5, 5.41) is 3.01. The molecular formula is C11H21F2N3O. The highest BCUT2D eigenvalue weighted by Crippen LogP contribution is 2.13. The molecule has 0 aromatic heterocycles. The Labute approximate surface area is 101 Å². The molecule has 0 saturated carbocycles. The smallest absolute Gasteiger partial charge is 0.257 e. The Bertz CT molecular complexity index is 243. The molecular weight excluding hydrogens is 228 g/mol. The SMILES string of the molecule is CCNC(=NCC(F)F)N(C)CC1CCOC1. The lowest BCUT2D eigenvalue weighted by molar-refractivity contribution is 0.158. The molecule has 17 heavy (non-hydrogen) atoms. The number of aliphatic imine (C=N–C) groups is 1. The molecule has 100 valence electrons. The van der Waals surface area contributed by atoms with Crippen molar-refractivity contribution in [2.75, 3.05) is 39.9 Å². The largest absolute Gasteiger partial charge is 0.381 e. The second-order valence-electron chi connectivity index (χ2n) is 4.20. The van der Waals surface area contributed by atoms with Crippen molar-refractivity contribution in [2.24, 2.45) is 10.9 Å². The van der Waals surface area contributed by atoms with Gasteiger partial charge in [0.2, 0.25) is 0 Å². The number of hydrogen-bond donors (Lipinski definition) is 1. The molecule has 0 aliphatic carbocycles. The Hall–Kier alpha value is -0.910. The van der Waals surface area contributed by atoms with Gasteiger partial charge < -0.3 is 15.0 Å². The summed E-state index contributed by atoms with van der Waals surface area (Å²) in [4.78, 5) is 5.79. The maximum Gasteiger partial charge on any atom is 0.257 e. The molecule has 0 radical (unpaired) electrons. The first-order valence-corrected chi connectivity index (χ1v) is 5.98. The summed E-state index contributed by atoms with van der Waals surface area (Å²) in [5.41, 5.74) is 0. The Morgan fingerprint density at radius 2 is 2.35 bits per heavy atom. The first-order chi connectivity index (χ1) is 8.13. The maximum atomic E-state index is 12.1. The van der Waals surface area contributed by atoms with Crippen LogP contribution in [0.5, 0.6) is 0 Å². The van der Waals surface area contributed by atoms with Crippen molar-refractivity contribution >= 4 is 5.96 Å². The third kappa shape index (κ3) is 5.30. The van der Waals surface area contributed by atoms with Crippen molar-refractivity contribution in [3.63, 3.8) is 0 Å². The molecule has 0 aromatic carbocycles. The standard InChI is InChI=1S/C11H21F2N3O/c1-3-14-11(15-6-10(12)13)16(2)7-9-4-5-17-8-9/h9-10H,3-8H2,1-2H3,(H,14,15). The second kappa shape index (κ2) is 7.42. The van der Waals surface area contributed by atoms with Crippen molar-refractivity contribution in [1.29, 1.82) is 0 Å². The molecule has 4 nitrogen and oxygen atoms in total. The second-order valence-corrected chi connectivity index (χ2v) is 4.20. The van der Waals surface area contributed by atoms with Crippen LogP contribution in [0.4, 0.5) is 8.78 Å². The monoisotopic (exact) mass is 249 g/mol. The number of nitrogens with one attached hydrogen (secondary N) is 1. The van der Waals surface area contributed by atoms with Crippen LogP contribution in [0.25, 0.3) is 0 Å². The van der Waals surface area contributed by atoms with Gasteiger partial charge in [-0.1, -0.05) is 0 Å². The number of halogens is 2. The third-order valence-electron chi connectivity index (χ3n) is 2.63. The molecule has 0 bridgehead atoms. The lowest BCUT2D eigenvalue weighted by Crippen LogP contribution is -2.41. The van der Waals surface area contributed by atoms with Gasteiger partial charge in [-0.3, -0.25) is 0 Å². The molecule has 1 atom stereocenters. The summed E-state index contributed by atoms with van der Waals surface area (Å²) in [5.74, 6) is 1.01. The predicted octanol–water partition coefficient (Wildman–Crippen LogP) is 1.19. The average Bonchev–Trinajstić information content (AvgIpc) is 2.76. The van der Waals surface area contributed by atoms with Gasteiger partial charge in [-0.2, -0.15) is 0 Å². The number of alkyl halides is 2. The van der Waals surface area contributed by atoms with E-state index in [-0.39, 0.29) is 0 Å². The quantitative estimate of drug-likeness (QED) is 0.587. The summed E-state index contributed by atoms with van der Waals surface area (Å²) in [6, 6.07) is 0. The zero-order valence-corrected chi connectivity index (χ0v) is 10.5. The molecule has 1 N–H and O–H groups in total. The van der Waals surface area contributed by atoms with Crippen molar-refractivity contribution < 1.29 is 13.5 Å². The van der Waals surface area contributed by atoms with Crippen LogP contribution >= 0.6 is 0 Å². The van der Waals surface area contributed by atoms with Gasteiger partial charge in [0.15, 0.2) is 5.96 Å². The van der Waals surface area contributed by atoms with Crippen LogP contribution in [0.15, 0.2) is 4.99 Å². The lowest BCUT2D eigenvalue weighted by Gasteiger charge is -2.24. The Morgan fingerprint density at radius 3 is 2.88 bits per heavy atom. The molecule has 0 aromatic rings. The summed E-state index contributed by atoms with van der Waals surface area (Å²) in [6.07, 6.45) is -1.37. The Balaban J connectivity index is 2.46. The van der Waals surface area contributed by atoms with E-state index in [0.29, 0.717) is 18.4 Å². The normalized spacial score (nSPS) is 21.0. The Kier molecular flexibility index (Phi) is 6.18. The molecule has 1 aliphatic rings. The van der Waals surface area contributed by atoms with Gasteiger partial charge in [0.05, 0.1) is 6.61 Å². The zero-order valence-electron chi connectivity index (χ0n) is 10.5. The van der Waals surface area contributed by atoms with Gasteiger partial charge in [0.1, 0.15) is 6.54 Å². The van der Waals surface area contributed by atoms with E-state index in [1.165, 1.54) is 0 Å². The van der Waals surface area contributed by atoms with Crippen LogP contribution in [0.3, 0.4) is 0 Å². The first-order valence-electron chi connectivity index (χ1n) is 5.98. The minimum Gasteiger partial charge on any atom is -0.381 e. The van der Waals surface area contributed by atoms with Crippen molar-refractivity contribution in [2.45, 2.75) is 19.8 Å². The van der Waals surface area contributed by atoms with E-state index in [1.807, 2.05) is 18.9 Å². The molecule has 1 saturated heterocycles. The van der Waals surface area contributed by atoms with Crippen LogP contribution in [0, 0.1) is 5.92 Å². The number of nitrogens with zero attached hydrogens (tertiary/aromatic N) is 2. The van der Waals surface area contributed by atoms with E-state index in [0.717, 1.165) is 26.2 Å². The number of ether oxygens (including phenoxy) is 1. The number of hydrogen-bond acceptors (Lipinski definition) is 2. The molecule has 1 heterocycles. The highest BCUT2D eigenvalue weighted by atomic mass is 19.3. The summed E-state index contributed by atoms with van der Waals surface area (Å²) >= 11 is 0. The summed E-state index contributed by atoms with van der Waals surface area (Å²) < 4.78 is 29.5. The molecule has 1 fully saturated rings. The fourth-order valence-corrected chi connectivity index (χ4v) is 1.83. The van der Waals surface area contributed by atoms with Gasteiger partial charge in [0, 0.05) is 32.7 Å². The zero-order chi connectivity index (χ0) is 12.7. The van der Waals surface area contributed by atoms with Gasteiger partial charge in [-0.15, -0.1) is 0 Å². The van der Waals surface area contributed by atoms with E-state index >= 15 is 0 Å². The van der Waals surface area contributed by atoms with Crippen LogP contribution in [0.1, 0.15) is 13.3 Å². The minimum atomic E-state index is -2.40. The molecule has 0 amide bonds. The molecule has 1 unspecified atom stereocenters.